The fourth-order valence-corrected chi connectivity index (χ4v) is 1.60. The van der Waals surface area contributed by atoms with E-state index in [1.807, 2.05) is 0 Å². The first-order valence-corrected chi connectivity index (χ1v) is 6.56. The van der Waals surface area contributed by atoms with Crippen LogP contribution in [0.3, 0.4) is 0 Å². The van der Waals surface area contributed by atoms with Crippen LogP contribution in [0.1, 0.15) is 31.4 Å². The molecule has 0 aliphatic heterocycles. The van der Waals surface area contributed by atoms with Gasteiger partial charge >= 0.3 is 0 Å². The van der Waals surface area contributed by atoms with Crippen LogP contribution in [0, 0.1) is 0 Å². The Hall–Kier alpha value is -1.43. The summed E-state index contributed by atoms with van der Waals surface area (Å²) >= 11 is 0. The van der Waals surface area contributed by atoms with Crippen LogP contribution in [0.2, 0.25) is 0 Å². The summed E-state index contributed by atoms with van der Waals surface area (Å²) in [6.07, 6.45) is 0.531. The first-order chi connectivity index (χ1) is 9.17. The summed E-state index contributed by atoms with van der Waals surface area (Å²) in [5, 5.41) is 24.4. The van der Waals surface area contributed by atoms with E-state index in [0.29, 0.717) is 25.9 Å². The Kier molecular flexibility index (Phi) is 7.10. The second-order valence-electron chi connectivity index (χ2n) is 4.32. The minimum Gasteiger partial charge on any atom is -0.396 e. The lowest BCUT2D eigenvalue weighted by atomic mass is 10.1. The Balaban J connectivity index is 2.44. The molecule has 5 heteroatoms. The molecule has 1 atom stereocenters. The lowest BCUT2D eigenvalue weighted by molar-refractivity contribution is -0.115. The normalized spacial score (nSPS) is 12.2. The highest BCUT2D eigenvalue weighted by Gasteiger charge is 2.07. The topological polar surface area (TPSA) is 81.6 Å². The molecular formula is C14H22N2O3. The Morgan fingerprint density at radius 1 is 1.32 bits per heavy atom. The molecular weight excluding hydrogens is 244 g/mol. The molecule has 0 aromatic heterocycles. The maximum absolute atomic E-state index is 11.2. The fraction of sp³-hybridized carbons (Fsp3) is 0.500. The van der Waals surface area contributed by atoms with E-state index in [-0.39, 0.29) is 12.5 Å². The average Bonchev–Trinajstić information content (AvgIpc) is 2.44. The molecule has 19 heavy (non-hydrogen) atoms. The number of aliphatic hydroxyl groups is 2. The zero-order valence-electron chi connectivity index (χ0n) is 11.2. The van der Waals surface area contributed by atoms with Crippen molar-refractivity contribution in [2.24, 2.45) is 0 Å². The van der Waals surface area contributed by atoms with Gasteiger partial charge in [-0.25, -0.2) is 0 Å². The minimum absolute atomic E-state index is 0.0287. The SMILES string of the molecule is CCC(=O)Nc1ccc(C(O)CNCCCO)cc1. The highest BCUT2D eigenvalue weighted by Crippen LogP contribution is 2.16. The highest BCUT2D eigenvalue weighted by atomic mass is 16.3. The third-order valence-electron chi connectivity index (χ3n) is 2.75. The molecule has 4 N–H and O–H groups in total. The van der Waals surface area contributed by atoms with Crippen molar-refractivity contribution < 1.29 is 15.0 Å². The predicted molar refractivity (Wildman–Crippen MR) is 74.9 cm³/mol. The first kappa shape index (κ1) is 15.6. The molecule has 1 amide bonds. The van der Waals surface area contributed by atoms with Gasteiger partial charge in [0.2, 0.25) is 5.91 Å². The van der Waals surface area contributed by atoms with Gasteiger partial charge in [0.1, 0.15) is 0 Å². The second kappa shape index (κ2) is 8.63. The van der Waals surface area contributed by atoms with Crippen molar-refractivity contribution in [1.82, 2.24) is 5.32 Å². The molecule has 1 aromatic carbocycles. The standard InChI is InChI=1S/C14H22N2O3/c1-2-14(19)16-12-6-4-11(5-7-12)13(18)10-15-8-3-9-17/h4-7,13,15,17-18H,2-3,8-10H2,1H3,(H,16,19). The van der Waals surface area contributed by atoms with Crippen molar-refractivity contribution in [1.29, 1.82) is 0 Å². The van der Waals surface area contributed by atoms with Gasteiger partial charge in [-0.3, -0.25) is 4.79 Å². The molecule has 1 rings (SSSR count). The smallest absolute Gasteiger partial charge is 0.224 e. The van der Waals surface area contributed by atoms with Crippen molar-refractivity contribution in [2.45, 2.75) is 25.9 Å². The maximum atomic E-state index is 11.2. The summed E-state index contributed by atoms with van der Waals surface area (Å²) in [6, 6.07) is 7.15. The number of nitrogens with one attached hydrogen (secondary N) is 2. The molecule has 106 valence electrons. The molecule has 0 saturated carbocycles. The summed E-state index contributed by atoms with van der Waals surface area (Å²) in [4.78, 5) is 11.2. The molecule has 5 nitrogen and oxygen atoms in total. The highest BCUT2D eigenvalue weighted by molar-refractivity contribution is 5.90. The summed E-state index contributed by atoms with van der Waals surface area (Å²) in [5.41, 5.74) is 1.53. The maximum Gasteiger partial charge on any atom is 0.224 e. The Labute approximate surface area is 113 Å². The van der Waals surface area contributed by atoms with E-state index in [9.17, 15) is 9.90 Å². The lowest BCUT2D eigenvalue weighted by Gasteiger charge is -2.12. The van der Waals surface area contributed by atoms with Gasteiger partial charge in [0.15, 0.2) is 0 Å². The van der Waals surface area contributed by atoms with Gasteiger partial charge in [-0.05, 0) is 30.7 Å². The summed E-state index contributed by atoms with van der Waals surface area (Å²) in [6.45, 7) is 3.07. The van der Waals surface area contributed by atoms with E-state index in [4.69, 9.17) is 5.11 Å². The Morgan fingerprint density at radius 3 is 2.58 bits per heavy atom. The van der Waals surface area contributed by atoms with E-state index < -0.39 is 6.10 Å². The average molecular weight is 266 g/mol. The Bertz CT molecular complexity index is 379. The van der Waals surface area contributed by atoms with Crippen molar-refractivity contribution in [3.05, 3.63) is 29.8 Å². The molecule has 0 heterocycles. The van der Waals surface area contributed by atoms with Gasteiger partial charge in [-0.2, -0.15) is 0 Å². The third-order valence-corrected chi connectivity index (χ3v) is 2.75. The number of hydrogen-bond acceptors (Lipinski definition) is 4. The molecule has 0 aliphatic carbocycles. The number of carbonyl (C=O) groups excluding carboxylic acids is 1. The summed E-state index contributed by atoms with van der Waals surface area (Å²) in [7, 11) is 0. The van der Waals surface area contributed by atoms with Gasteiger partial charge in [0.05, 0.1) is 6.10 Å². The number of hydrogen-bond donors (Lipinski definition) is 4. The third kappa shape index (κ3) is 5.83. The number of carbonyl (C=O) groups is 1. The molecule has 0 saturated heterocycles. The quantitative estimate of drug-likeness (QED) is 0.530. The molecule has 0 bridgehead atoms. The van der Waals surface area contributed by atoms with Crippen LogP contribution in [0.25, 0.3) is 0 Å². The minimum atomic E-state index is -0.588. The van der Waals surface area contributed by atoms with Gasteiger partial charge in [-0.15, -0.1) is 0 Å². The van der Waals surface area contributed by atoms with Crippen LogP contribution in [0.4, 0.5) is 5.69 Å². The predicted octanol–water partition coefficient (Wildman–Crippen LogP) is 1.04. The van der Waals surface area contributed by atoms with Crippen LogP contribution in [0.15, 0.2) is 24.3 Å². The van der Waals surface area contributed by atoms with Crippen molar-refractivity contribution in [3.63, 3.8) is 0 Å². The van der Waals surface area contributed by atoms with E-state index >= 15 is 0 Å². The Morgan fingerprint density at radius 2 is 2.00 bits per heavy atom. The van der Waals surface area contributed by atoms with Gasteiger partial charge in [-0.1, -0.05) is 19.1 Å². The van der Waals surface area contributed by atoms with Crippen molar-refractivity contribution >= 4 is 11.6 Å². The van der Waals surface area contributed by atoms with Crippen LogP contribution in [-0.2, 0) is 4.79 Å². The lowest BCUT2D eigenvalue weighted by Crippen LogP contribution is -2.23. The molecule has 0 spiro atoms. The van der Waals surface area contributed by atoms with E-state index in [0.717, 1.165) is 11.3 Å². The molecule has 0 radical (unpaired) electrons. The summed E-state index contributed by atoms with van der Waals surface area (Å²) < 4.78 is 0. The largest absolute Gasteiger partial charge is 0.396 e. The monoisotopic (exact) mass is 266 g/mol. The van der Waals surface area contributed by atoms with E-state index in [1.165, 1.54) is 0 Å². The van der Waals surface area contributed by atoms with E-state index in [2.05, 4.69) is 10.6 Å². The van der Waals surface area contributed by atoms with Crippen molar-refractivity contribution in [3.8, 4) is 0 Å². The van der Waals surface area contributed by atoms with Crippen LogP contribution < -0.4 is 10.6 Å². The van der Waals surface area contributed by atoms with Gasteiger partial charge in [0.25, 0.3) is 0 Å². The number of aliphatic hydroxyl groups excluding tert-OH is 2. The second-order valence-corrected chi connectivity index (χ2v) is 4.32. The molecule has 1 aromatic rings. The number of benzene rings is 1. The molecule has 0 aliphatic rings. The van der Waals surface area contributed by atoms with Gasteiger partial charge in [0, 0.05) is 25.3 Å². The summed E-state index contributed by atoms with van der Waals surface area (Å²) in [5.74, 6) is -0.0287. The first-order valence-electron chi connectivity index (χ1n) is 6.56. The van der Waals surface area contributed by atoms with Crippen LogP contribution >= 0.6 is 0 Å². The van der Waals surface area contributed by atoms with Crippen LogP contribution in [0.5, 0.6) is 0 Å². The fourth-order valence-electron chi connectivity index (χ4n) is 1.60. The zero-order chi connectivity index (χ0) is 14.1. The zero-order valence-corrected chi connectivity index (χ0v) is 11.2. The number of amides is 1. The van der Waals surface area contributed by atoms with E-state index in [1.54, 1.807) is 31.2 Å². The van der Waals surface area contributed by atoms with Gasteiger partial charge < -0.3 is 20.8 Å². The molecule has 1 unspecified atom stereocenters. The molecule has 0 fully saturated rings. The van der Waals surface area contributed by atoms with Crippen LogP contribution in [-0.4, -0.2) is 35.8 Å². The van der Waals surface area contributed by atoms with Crippen molar-refractivity contribution in [2.75, 3.05) is 25.0 Å². The number of anilines is 1. The number of rotatable bonds is 8.